The van der Waals surface area contributed by atoms with Crippen molar-refractivity contribution in [3.05, 3.63) is 58.9 Å². The van der Waals surface area contributed by atoms with Crippen LogP contribution >= 0.6 is 0 Å². The molecule has 0 aliphatic carbocycles. The van der Waals surface area contributed by atoms with E-state index in [2.05, 4.69) is 10.6 Å². The Morgan fingerprint density at radius 2 is 2.05 bits per heavy atom. The summed E-state index contributed by atoms with van der Waals surface area (Å²) in [6.07, 6.45) is 0.323. The second-order valence-corrected chi connectivity index (χ2v) is 5.03. The Labute approximate surface area is 121 Å². The van der Waals surface area contributed by atoms with Crippen molar-refractivity contribution in [3.8, 4) is 0 Å². The molecule has 0 saturated heterocycles. The number of fused-ring (bicyclic) bond motifs is 1. The van der Waals surface area contributed by atoms with Crippen LogP contribution in [0.15, 0.2) is 36.4 Å². The highest BCUT2D eigenvalue weighted by atomic mass is 19.1. The Kier molecular flexibility index (Phi) is 3.17. The lowest BCUT2D eigenvalue weighted by atomic mass is 10.1. The molecule has 106 valence electrons. The van der Waals surface area contributed by atoms with Crippen molar-refractivity contribution < 1.29 is 14.0 Å². The standard InChI is InChI=1S/C16H13FN2O2/c1-9-2-5-13(12(17)6-9)19-16(21)11-4-3-10-8-15(20)18-14(10)7-11/h2-7H,8H2,1H3,(H,18,20)(H,19,21). The minimum Gasteiger partial charge on any atom is -0.326 e. The first-order valence-corrected chi connectivity index (χ1v) is 6.53. The van der Waals surface area contributed by atoms with Crippen molar-refractivity contribution in [3.63, 3.8) is 0 Å². The number of hydrogen-bond acceptors (Lipinski definition) is 2. The summed E-state index contributed by atoms with van der Waals surface area (Å²) in [4.78, 5) is 23.4. The van der Waals surface area contributed by atoms with E-state index in [0.29, 0.717) is 17.7 Å². The van der Waals surface area contributed by atoms with Crippen LogP contribution < -0.4 is 10.6 Å². The molecule has 0 spiro atoms. The van der Waals surface area contributed by atoms with E-state index in [9.17, 15) is 14.0 Å². The van der Waals surface area contributed by atoms with Gasteiger partial charge in [-0.1, -0.05) is 12.1 Å². The van der Waals surface area contributed by atoms with Gasteiger partial charge in [0.25, 0.3) is 5.91 Å². The number of carbonyl (C=O) groups is 2. The molecule has 0 saturated carbocycles. The average molecular weight is 284 g/mol. The van der Waals surface area contributed by atoms with E-state index in [1.54, 1.807) is 31.2 Å². The van der Waals surface area contributed by atoms with Crippen molar-refractivity contribution >= 4 is 23.2 Å². The molecule has 0 aromatic heterocycles. The van der Waals surface area contributed by atoms with Gasteiger partial charge in [0.1, 0.15) is 5.82 Å². The molecule has 2 aromatic carbocycles. The first-order chi connectivity index (χ1) is 10.0. The van der Waals surface area contributed by atoms with Gasteiger partial charge in [0.05, 0.1) is 12.1 Å². The molecule has 0 radical (unpaired) electrons. The van der Waals surface area contributed by atoms with Gasteiger partial charge in [-0.25, -0.2) is 4.39 Å². The summed E-state index contributed by atoms with van der Waals surface area (Å²) in [5.41, 5.74) is 2.78. The van der Waals surface area contributed by atoms with E-state index in [-0.39, 0.29) is 11.6 Å². The highest BCUT2D eigenvalue weighted by Gasteiger charge is 2.19. The largest absolute Gasteiger partial charge is 0.326 e. The number of anilines is 2. The van der Waals surface area contributed by atoms with Crippen LogP contribution in [0.1, 0.15) is 21.5 Å². The summed E-state index contributed by atoms with van der Waals surface area (Å²) in [5, 5.41) is 5.21. The highest BCUT2D eigenvalue weighted by Crippen LogP contribution is 2.25. The number of aryl methyl sites for hydroxylation is 1. The van der Waals surface area contributed by atoms with Gasteiger partial charge in [0.15, 0.2) is 0 Å². The van der Waals surface area contributed by atoms with Gasteiger partial charge in [0, 0.05) is 11.3 Å². The fourth-order valence-electron chi connectivity index (χ4n) is 2.27. The van der Waals surface area contributed by atoms with Gasteiger partial charge in [-0.3, -0.25) is 9.59 Å². The molecule has 0 atom stereocenters. The smallest absolute Gasteiger partial charge is 0.255 e. The maximum atomic E-state index is 13.7. The SMILES string of the molecule is Cc1ccc(NC(=O)c2ccc3c(c2)NC(=O)C3)c(F)c1. The maximum Gasteiger partial charge on any atom is 0.255 e. The Bertz CT molecular complexity index is 756. The number of nitrogens with one attached hydrogen (secondary N) is 2. The third-order valence-electron chi connectivity index (χ3n) is 3.37. The first-order valence-electron chi connectivity index (χ1n) is 6.53. The maximum absolute atomic E-state index is 13.7. The summed E-state index contributed by atoms with van der Waals surface area (Å²) in [6, 6.07) is 9.56. The highest BCUT2D eigenvalue weighted by molar-refractivity contribution is 6.07. The molecule has 2 amide bonds. The molecule has 5 heteroatoms. The van der Waals surface area contributed by atoms with Crippen molar-refractivity contribution in [1.29, 1.82) is 0 Å². The van der Waals surface area contributed by atoms with Crippen LogP contribution in [0.5, 0.6) is 0 Å². The number of amides is 2. The minimum atomic E-state index is -0.474. The van der Waals surface area contributed by atoms with Crippen molar-refractivity contribution in [1.82, 2.24) is 0 Å². The van der Waals surface area contributed by atoms with E-state index in [1.807, 2.05) is 0 Å². The van der Waals surface area contributed by atoms with Gasteiger partial charge in [-0.15, -0.1) is 0 Å². The van der Waals surface area contributed by atoms with Crippen LogP contribution in [-0.2, 0) is 11.2 Å². The number of rotatable bonds is 2. The van der Waals surface area contributed by atoms with Crippen LogP contribution in [0.25, 0.3) is 0 Å². The lowest BCUT2D eigenvalue weighted by Crippen LogP contribution is -2.13. The van der Waals surface area contributed by atoms with E-state index in [0.717, 1.165) is 11.1 Å². The third kappa shape index (κ3) is 2.63. The molecule has 2 aromatic rings. The van der Waals surface area contributed by atoms with E-state index in [1.165, 1.54) is 12.1 Å². The summed E-state index contributed by atoms with van der Waals surface area (Å²) in [5.74, 6) is -0.980. The minimum absolute atomic E-state index is 0.0906. The number of hydrogen-bond donors (Lipinski definition) is 2. The van der Waals surface area contributed by atoms with Gasteiger partial charge in [-0.2, -0.15) is 0 Å². The monoisotopic (exact) mass is 284 g/mol. The van der Waals surface area contributed by atoms with Crippen molar-refractivity contribution in [2.45, 2.75) is 13.3 Å². The fraction of sp³-hybridized carbons (Fsp3) is 0.125. The first kappa shape index (κ1) is 13.3. The number of carbonyl (C=O) groups excluding carboxylic acids is 2. The zero-order valence-corrected chi connectivity index (χ0v) is 11.4. The molecular weight excluding hydrogens is 271 g/mol. The van der Waals surface area contributed by atoms with Crippen molar-refractivity contribution in [2.75, 3.05) is 10.6 Å². The molecule has 3 rings (SSSR count). The number of halogens is 1. The molecular formula is C16H13FN2O2. The van der Waals surface area contributed by atoms with Gasteiger partial charge < -0.3 is 10.6 Å². The molecule has 21 heavy (non-hydrogen) atoms. The molecule has 2 N–H and O–H groups in total. The second kappa shape index (κ2) is 5.01. The molecule has 0 bridgehead atoms. The van der Waals surface area contributed by atoms with Crippen molar-refractivity contribution in [2.24, 2.45) is 0 Å². The fourth-order valence-corrected chi connectivity index (χ4v) is 2.27. The zero-order chi connectivity index (χ0) is 15.0. The lowest BCUT2D eigenvalue weighted by molar-refractivity contribution is -0.115. The van der Waals surface area contributed by atoms with Gasteiger partial charge in [0.2, 0.25) is 5.91 Å². The van der Waals surface area contributed by atoms with E-state index in [4.69, 9.17) is 0 Å². The van der Waals surface area contributed by atoms with Crippen LogP contribution in [0, 0.1) is 12.7 Å². The van der Waals surface area contributed by atoms with E-state index >= 15 is 0 Å². The second-order valence-electron chi connectivity index (χ2n) is 5.03. The molecule has 0 fully saturated rings. The lowest BCUT2D eigenvalue weighted by Gasteiger charge is -2.08. The summed E-state index contributed by atoms with van der Waals surface area (Å²) in [7, 11) is 0. The zero-order valence-electron chi connectivity index (χ0n) is 11.4. The molecule has 1 aliphatic heterocycles. The molecule has 0 unspecified atom stereocenters. The number of benzene rings is 2. The van der Waals surface area contributed by atoms with Crippen LogP contribution in [0.3, 0.4) is 0 Å². The Morgan fingerprint density at radius 3 is 2.81 bits per heavy atom. The van der Waals surface area contributed by atoms with Gasteiger partial charge in [-0.05, 0) is 42.3 Å². The molecule has 4 nitrogen and oxygen atoms in total. The van der Waals surface area contributed by atoms with Crippen LogP contribution in [-0.4, -0.2) is 11.8 Å². The summed E-state index contributed by atoms with van der Waals surface area (Å²) < 4.78 is 13.7. The Morgan fingerprint density at radius 1 is 1.24 bits per heavy atom. The predicted molar refractivity (Wildman–Crippen MR) is 77.9 cm³/mol. The van der Waals surface area contributed by atoms with Crippen LogP contribution in [0.2, 0.25) is 0 Å². The van der Waals surface area contributed by atoms with Gasteiger partial charge >= 0.3 is 0 Å². The Balaban J connectivity index is 1.83. The topological polar surface area (TPSA) is 58.2 Å². The average Bonchev–Trinajstić information content (AvgIpc) is 2.80. The molecule has 1 aliphatic rings. The summed E-state index contributed by atoms with van der Waals surface area (Å²) >= 11 is 0. The molecule has 1 heterocycles. The third-order valence-corrected chi connectivity index (χ3v) is 3.37. The predicted octanol–water partition coefficient (Wildman–Crippen LogP) is 2.88. The van der Waals surface area contributed by atoms with E-state index < -0.39 is 11.7 Å². The van der Waals surface area contributed by atoms with Crippen LogP contribution in [0.4, 0.5) is 15.8 Å². The summed E-state index contributed by atoms with van der Waals surface area (Å²) in [6.45, 7) is 1.78. The Hall–Kier alpha value is -2.69. The normalized spacial score (nSPS) is 12.8. The quantitative estimate of drug-likeness (QED) is 0.891.